The summed E-state index contributed by atoms with van der Waals surface area (Å²) in [5.74, 6) is -0.332. The molecule has 0 saturated carbocycles. The molecule has 2 N–H and O–H groups in total. The Bertz CT molecular complexity index is 1080. The lowest BCUT2D eigenvalue weighted by Crippen LogP contribution is -2.25. The number of thioether (sulfide) groups is 1. The lowest BCUT2D eigenvalue weighted by atomic mass is 10.0. The van der Waals surface area contributed by atoms with Crippen LogP contribution in [0.5, 0.6) is 0 Å². The molecule has 2 aliphatic rings. The third-order valence-electron chi connectivity index (χ3n) is 5.72. The van der Waals surface area contributed by atoms with Crippen molar-refractivity contribution in [1.29, 1.82) is 0 Å². The van der Waals surface area contributed by atoms with Crippen LogP contribution < -0.4 is 10.6 Å². The Hall–Kier alpha value is -3.13. The highest BCUT2D eigenvalue weighted by molar-refractivity contribution is 8.15. The molecule has 33 heavy (non-hydrogen) atoms. The second-order valence-electron chi connectivity index (χ2n) is 8.60. The van der Waals surface area contributed by atoms with Gasteiger partial charge in [-0.05, 0) is 60.7 Å². The Morgan fingerprint density at radius 2 is 1.79 bits per heavy atom. The van der Waals surface area contributed by atoms with E-state index in [1.165, 1.54) is 11.8 Å². The van der Waals surface area contributed by atoms with Crippen LogP contribution in [-0.2, 0) is 9.59 Å². The van der Waals surface area contributed by atoms with Crippen molar-refractivity contribution in [2.45, 2.75) is 44.3 Å². The van der Waals surface area contributed by atoms with Gasteiger partial charge in [-0.25, -0.2) is 0 Å². The van der Waals surface area contributed by atoms with Crippen molar-refractivity contribution < 1.29 is 14.4 Å². The van der Waals surface area contributed by atoms with Crippen molar-refractivity contribution in [1.82, 2.24) is 4.90 Å². The Kier molecular flexibility index (Phi) is 7.13. The zero-order valence-electron chi connectivity index (χ0n) is 18.8. The van der Waals surface area contributed by atoms with Crippen LogP contribution in [0.2, 0.25) is 0 Å². The number of nitrogens with one attached hydrogen (secondary N) is 2. The van der Waals surface area contributed by atoms with Crippen LogP contribution in [-0.4, -0.2) is 46.1 Å². The first-order chi connectivity index (χ1) is 15.9. The molecule has 0 spiro atoms. The smallest absolute Gasteiger partial charge is 0.262 e. The van der Waals surface area contributed by atoms with E-state index >= 15 is 0 Å². The largest absolute Gasteiger partial charge is 0.351 e. The van der Waals surface area contributed by atoms with Crippen LogP contribution >= 0.6 is 11.8 Å². The molecule has 3 amide bonds. The summed E-state index contributed by atoms with van der Waals surface area (Å²) in [5, 5.41) is 5.98. The number of likely N-dealkylation sites (tertiary alicyclic amines) is 1. The molecule has 7 nitrogen and oxygen atoms in total. The van der Waals surface area contributed by atoms with Gasteiger partial charge in [0.2, 0.25) is 5.91 Å². The summed E-state index contributed by atoms with van der Waals surface area (Å²) in [5.41, 5.74) is 2.98. The summed E-state index contributed by atoms with van der Waals surface area (Å²) in [4.78, 5) is 43.5. The third-order valence-corrected chi connectivity index (χ3v) is 6.93. The highest BCUT2D eigenvalue weighted by Crippen LogP contribution is 2.29. The average Bonchev–Trinajstić information content (AvgIpc) is 3.45. The van der Waals surface area contributed by atoms with E-state index in [0.717, 1.165) is 42.3 Å². The fourth-order valence-corrected chi connectivity index (χ4v) is 4.93. The Morgan fingerprint density at radius 1 is 1.06 bits per heavy atom. The second-order valence-corrected chi connectivity index (χ2v) is 9.77. The molecule has 0 radical (unpaired) electrons. The molecule has 2 aliphatic heterocycles. The van der Waals surface area contributed by atoms with Gasteiger partial charge < -0.3 is 15.5 Å². The number of benzene rings is 2. The zero-order valence-corrected chi connectivity index (χ0v) is 19.7. The first-order valence-corrected chi connectivity index (χ1v) is 12.1. The molecule has 2 aromatic carbocycles. The monoisotopic (exact) mass is 464 g/mol. The molecule has 1 atom stereocenters. The number of rotatable bonds is 6. The number of anilines is 2. The van der Waals surface area contributed by atoms with Crippen molar-refractivity contribution in [2.24, 2.45) is 4.99 Å². The zero-order chi connectivity index (χ0) is 23.4. The van der Waals surface area contributed by atoms with E-state index in [0.29, 0.717) is 17.2 Å². The lowest BCUT2D eigenvalue weighted by Gasteiger charge is -2.16. The molecular formula is C25H28N4O3S. The second kappa shape index (κ2) is 10.2. The molecule has 1 unspecified atom stereocenters. The van der Waals surface area contributed by atoms with Crippen LogP contribution in [0.1, 0.15) is 54.9 Å². The Morgan fingerprint density at radius 3 is 2.48 bits per heavy atom. The van der Waals surface area contributed by atoms with E-state index < -0.39 is 5.25 Å². The van der Waals surface area contributed by atoms with Gasteiger partial charge in [-0.2, -0.15) is 4.99 Å². The molecule has 172 valence electrons. The Labute approximate surface area is 198 Å². The number of carbonyl (C=O) groups excluding carboxylic acids is 3. The SMILES string of the molecule is CC(C)c1cccc(NC(=O)c2ccc(NC(=O)CC3SC(N4CCCC4)=NC3=O)cc2)c1. The van der Waals surface area contributed by atoms with E-state index in [1.54, 1.807) is 24.3 Å². The lowest BCUT2D eigenvalue weighted by molar-refractivity contribution is -0.121. The van der Waals surface area contributed by atoms with Crippen LogP contribution in [0, 0.1) is 0 Å². The fourth-order valence-electron chi connectivity index (χ4n) is 3.82. The van der Waals surface area contributed by atoms with Crippen molar-refractivity contribution in [3.05, 3.63) is 59.7 Å². The predicted octanol–water partition coefficient (Wildman–Crippen LogP) is 4.48. The minimum absolute atomic E-state index is 0.0682. The number of hydrogen-bond donors (Lipinski definition) is 2. The first-order valence-electron chi connectivity index (χ1n) is 11.2. The van der Waals surface area contributed by atoms with Crippen molar-refractivity contribution in [3.8, 4) is 0 Å². The van der Waals surface area contributed by atoms with Gasteiger partial charge in [0, 0.05) is 36.4 Å². The standard InChI is InChI=1S/C25H28N4O3S/c1-16(2)18-6-5-7-20(14-18)27-23(31)17-8-10-19(11-9-17)26-22(30)15-21-24(32)28-25(33-21)29-12-3-4-13-29/h5-11,14,16,21H,3-4,12-13,15H2,1-2H3,(H,26,30)(H,27,31). The number of aliphatic imine (C=N–C) groups is 1. The molecule has 1 fully saturated rings. The number of amidine groups is 1. The van der Waals surface area contributed by atoms with E-state index in [-0.39, 0.29) is 24.1 Å². The van der Waals surface area contributed by atoms with Gasteiger partial charge in [-0.1, -0.05) is 37.7 Å². The fraction of sp³-hybridized carbons (Fsp3) is 0.360. The minimum Gasteiger partial charge on any atom is -0.351 e. The highest BCUT2D eigenvalue weighted by atomic mass is 32.2. The summed E-state index contributed by atoms with van der Waals surface area (Å²) < 4.78 is 0. The summed E-state index contributed by atoms with van der Waals surface area (Å²) in [6.45, 7) is 6.05. The number of carbonyl (C=O) groups is 3. The van der Waals surface area contributed by atoms with Gasteiger partial charge in [-0.3, -0.25) is 14.4 Å². The van der Waals surface area contributed by atoms with Crippen LogP contribution in [0.15, 0.2) is 53.5 Å². The van der Waals surface area contributed by atoms with Gasteiger partial charge in [0.25, 0.3) is 11.8 Å². The predicted molar refractivity (Wildman–Crippen MR) is 133 cm³/mol. The molecule has 2 aromatic rings. The molecule has 0 aromatic heterocycles. The van der Waals surface area contributed by atoms with Crippen LogP contribution in [0.3, 0.4) is 0 Å². The van der Waals surface area contributed by atoms with Gasteiger partial charge >= 0.3 is 0 Å². The maximum atomic E-state index is 12.6. The summed E-state index contributed by atoms with van der Waals surface area (Å²) >= 11 is 1.38. The van der Waals surface area contributed by atoms with E-state index in [2.05, 4.69) is 34.4 Å². The Balaban J connectivity index is 1.29. The molecule has 8 heteroatoms. The molecule has 1 saturated heterocycles. The number of nitrogens with zero attached hydrogens (tertiary/aromatic N) is 2. The van der Waals surface area contributed by atoms with Crippen LogP contribution in [0.25, 0.3) is 0 Å². The van der Waals surface area contributed by atoms with Gasteiger partial charge in [0.1, 0.15) is 5.25 Å². The molecular weight excluding hydrogens is 436 g/mol. The van der Waals surface area contributed by atoms with E-state index in [4.69, 9.17) is 0 Å². The average molecular weight is 465 g/mol. The quantitative estimate of drug-likeness (QED) is 0.658. The maximum absolute atomic E-state index is 12.6. The third kappa shape index (κ3) is 5.82. The molecule has 2 heterocycles. The van der Waals surface area contributed by atoms with Gasteiger partial charge in [0.05, 0.1) is 0 Å². The summed E-state index contributed by atoms with van der Waals surface area (Å²) in [7, 11) is 0. The van der Waals surface area contributed by atoms with Crippen molar-refractivity contribution in [2.75, 3.05) is 23.7 Å². The van der Waals surface area contributed by atoms with E-state index in [1.807, 2.05) is 24.3 Å². The van der Waals surface area contributed by atoms with Crippen molar-refractivity contribution >= 4 is 46.0 Å². The van der Waals surface area contributed by atoms with Crippen LogP contribution in [0.4, 0.5) is 11.4 Å². The number of hydrogen-bond acceptors (Lipinski definition) is 5. The van der Waals surface area contributed by atoms with E-state index in [9.17, 15) is 14.4 Å². The molecule has 0 aliphatic carbocycles. The molecule has 0 bridgehead atoms. The minimum atomic E-state index is -0.479. The first kappa shape index (κ1) is 23.0. The van der Waals surface area contributed by atoms with Gasteiger partial charge in [0.15, 0.2) is 5.17 Å². The van der Waals surface area contributed by atoms with Crippen molar-refractivity contribution in [3.63, 3.8) is 0 Å². The maximum Gasteiger partial charge on any atom is 0.262 e. The van der Waals surface area contributed by atoms with Gasteiger partial charge in [-0.15, -0.1) is 0 Å². The summed E-state index contributed by atoms with van der Waals surface area (Å²) in [6.07, 6.45) is 2.29. The summed E-state index contributed by atoms with van der Waals surface area (Å²) in [6, 6.07) is 14.5. The number of amides is 3. The highest BCUT2D eigenvalue weighted by Gasteiger charge is 2.33. The normalized spacial score (nSPS) is 17.9. The topological polar surface area (TPSA) is 90.9 Å². The molecule has 4 rings (SSSR count).